The molecule has 0 bridgehead atoms. The number of esters is 1. The summed E-state index contributed by atoms with van der Waals surface area (Å²) in [7, 11) is 1.40. The van der Waals surface area contributed by atoms with Crippen LogP contribution in [0.25, 0.3) is 0 Å². The molecule has 0 spiro atoms. The van der Waals surface area contributed by atoms with Crippen LogP contribution >= 0.6 is 11.3 Å². The van der Waals surface area contributed by atoms with E-state index in [0.29, 0.717) is 4.88 Å². The van der Waals surface area contributed by atoms with E-state index in [-0.39, 0.29) is 11.5 Å². The maximum atomic E-state index is 11.7. The van der Waals surface area contributed by atoms with Gasteiger partial charge in [0.05, 0.1) is 18.3 Å². The van der Waals surface area contributed by atoms with E-state index < -0.39 is 0 Å². The van der Waals surface area contributed by atoms with Gasteiger partial charge in [-0.05, 0) is 25.7 Å². The Balaban J connectivity index is 2.33. The molecule has 4 nitrogen and oxygen atoms in total. The molecule has 0 unspecified atom stereocenters. The summed E-state index contributed by atoms with van der Waals surface area (Å²) in [6, 6.07) is 0. The quantitative estimate of drug-likeness (QED) is 0.837. The number of thiazole rings is 1. The number of nitrogens with two attached hydrogens (primary N) is 1. The van der Waals surface area contributed by atoms with Gasteiger partial charge >= 0.3 is 5.97 Å². The first-order valence-electron chi connectivity index (χ1n) is 5.98. The molecule has 1 aliphatic rings. The lowest BCUT2D eigenvalue weighted by atomic mass is 9.78. The first kappa shape index (κ1) is 12.5. The van der Waals surface area contributed by atoms with Gasteiger partial charge in [-0.3, -0.25) is 0 Å². The van der Waals surface area contributed by atoms with E-state index in [4.69, 9.17) is 10.5 Å². The third kappa shape index (κ3) is 2.21. The van der Waals surface area contributed by atoms with Gasteiger partial charge in [-0.1, -0.05) is 13.3 Å². The number of methoxy groups -OCH3 is 1. The van der Waals surface area contributed by atoms with E-state index in [1.807, 2.05) is 0 Å². The summed E-state index contributed by atoms with van der Waals surface area (Å²) in [6.45, 7) is 2.07. The molecule has 1 saturated carbocycles. The van der Waals surface area contributed by atoms with Crippen molar-refractivity contribution in [3.8, 4) is 0 Å². The molecule has 94 valence electrons. The number of carbonyl (C=O) groups is 1. The van der Waals surface area contributed by atoms with Gasteiger partial charge in [0, 0.05) is 0 Å². The second-order valence-electron chi connectivity index (χ2n) is 4.55. The van der Waals surface area contributed by atoms with Crippen LogP contribution in [-0.2, 0) is 16.7 Å². The van der Waals surface area contributed by atoms with E-state index in [9.17, 15) is 4.79 Å². The molecule has 17 heavy (non-hydrogen) atoms. The highest BCUT2D eigenvalue weighted by molar-refractivity contribution is 7.13. The predicted molar refractivity (Wildman–Crippen MR) is 67.2 cm³/mol. The van der Waals surface area contributed by atoms with Gasteiger partial charge in [-0.25, -0.2) is 9.78 Å². The standard InChI is InChI=1S/C12H18N2O2S/c1-3-5-8-9(10(15)16-2)17-11(14-8)12(13)6-4-7-12/h3-7,13H2,1-2H3. The molecule has 5 heteroatoms. The van der Waals surface area contributed by atoms with Gasteiger partial charge in [-0.2, -0.15) is 0 Å². The highest BCUT2D eigenvalue weighted by Gasteiger charge is 2.38. The van der Waals surface area contributed by atoms with Crippen molar-refractivity contribution in [1.82, 2.24) is 4.98 Å². The Hall–Kier alpha value is -0.940. The third-order valence-electron chi connectivity index (χ3n) is 3.23. The maximum Gasteiger partial charge on any atom is 0.349 e. The summed E-state index contributed by atoms with van der Waals surface area (Å²) in [6.07, 6.45) is 4.84. The zero-order chi connectivity index (χ0) is 12.5. The molecular formula is C12H18N2O2S. The number of ether oxygens (including phenoxy) is 1. The molecule has 2 N–H and O–H groups in total. The Morgan fingerprint density at radius 1 is 1.59 bits per heavy atom. The molecular weight excluding hydrogens is 236 g/mol. The fraction of sp³-hybridized carbons (Fsp3) is 0.667. The van der Waals surface area contributed by atoms with Gasteiger partial charge in [-0.15, -0.1) is 11.3 Å². The van der Waals surface area contributed by atoms with Crippen molar-refractivity contribution >= 4 is 17.3 Å². The normalized spacial score (nSPS) is 17.6. The number of hydrogen-bond acceptors (Lipinski definition) is 5. The van der Waals surface area contributed by atoms with Crippen LogP contribution in [0, 0.1) is 0 Å². The Bertz CT molecular complexity index is 424. The van der Waals surface area contributed by atoms with E-state index in [2.05, 4.69) is 11.9 Å². The minimum Gasteiger partial charge on any atom is -0.465 e. The summed E-state index contributed by atoms with van der Waals surface area (Å²) in [5.74, 6) is -0.292. The van der Waals surface area contributed by atoms with Crippen molar-refractivity contribution in [1.29, 1.82) is 0 Å². The van der Waals surface area contributed by atoms with E-state index >= 15 is 0 Å². The molecule has 0 aliphatic heterocycles. The zero-order valence-electron chi connectivity index (χ0n) is 10.3. The molecule has 0 amide bonds. The number of hydrogen-bond donors (Lipinski definition) is 1. The maximum absolute atomic E-state index is 11.7. The summed E-state index contributed by atoms with van der Waals surface area (Å²) >= 11 is 1.40. The monoisotopic (exact) mass is 254 g/mol. The fourth-order valence-electron chi connectivity index (χ4n) is 1.99. The molecule has 1 aliphatic carbocycles. The number of nitrogens with zero attached hydrogens (tertiary/aromatic N) is 1. The third-order valence-corrected chi connectivity index (χ3v) is 4.52. The Labute approximate surface area is 105 Å². The second kappa shape index (κ2) is 4.74. The van der Waals surface area contributed by atoms with Gasteiger partial charge in [0.1, 0.15) is 9.88 Å². The van der Waals surface area contributed by atoms with Crippen LogP contribution < -0.4 is 5.73 Å². The molecule has 0 saturated heterocycles. The van der Waals surface area contributed by atoms with Crippen LogP contribution in [0.15, 0.2) is 0 Å². The number of aromatic nitrogens is 1. The smallest absolute Gasteiger partial charge is 0.349 e. The largest absolute Gasteiger partial charge is 0.465 e. The van der Waals surface area contributed by atoms with Crippen molar-refractivity contribution < 1.29 is 9.53 Å². The summed E-state index contributed by atoms with van der Waals surface area (Å²) < 4.78 is 4.79. The minimum atomic E-state index is -0.292. The van der Waals surface area contributed by atoms with Crippen LogP contribution in [0.1, 0.15) is 53.0 Å². The average molecular weight is 254 g/mol. The summed E-state index contributed by atoms with van der Waals surface area (Å²) in [5, 5.41) is 0.896. The predicted octanol–water partition coefficient (Wildman–Crippen LogP) is 2.22. The SMILES string of the molecule is CCCc1nc(C2(N)CCC2)sc1C(=O)OC. The molecule has 1 heterocycles. The first-order chi connectivity index (χ1) is 8.10. The van der Waals surface area contributed by atoms with Crippen molar-refractivity contribution in [3.63, 3.8) is 0 Å². The van der Waals surface area contributed by atoms with E-state index in [1.165, 1.54) is 18.4 Å². The van der Waals surface area contributed by atoms with Crippen LogP contribution in [0.5, 0.6) is 0 Å². The molecule has 1 aromatic heterocycles. The zero-order valence-corrected chi connectivity index (χ0v) is 11.1. The van der Waals surface area contributed by atoms with Gasteiger partial charge < -0.3 is 10.5 Å². The molecule has 2 rings (SSSR count). The topological polar surface area (TPSA) is 65.2 Å². The van der Waals surface area contributed by atoms with Crippen molar-refractivity contribution in [2.45, 2.75) is 44.6 Å². The Kier molecular flexibility index (Phi) is 3.49. The van der Waals surface area contributed by atoms with Crippen LogP contribution in [0.2, 0.25) is 0 Å². The highest BCUT2D eigenvalue weighted by Crippen LogP contribution is 2.41. The van der Waals surface area contributed by atoms with Crippen LogP contribution in [-0.4, -0.2) is 18.1 Å². The Morgan fingerprint density at radius 2 is 2.29 bits per heavy atom. The lowest BCUT2D eigenvalue weighted by molar-refractivity contribution is 0.0605. The lowest BCUT2D eigenvalue weighted by Crippen LogP contribution is -2.43. The summed E-state index contributed by atoms with van der Waals surface area (Å²) in [5.41, 5.74) is 6.79. The minimum absolute atomic E-state index is 0.292. The Morgan fingerprint density at radius 3 is 2.76 bits per heavy atom. The number of rotatable bonds is 4. The summed E-state index contributed by atoms with van der Waals surface area (Å²) in [4.78, 5) is 16.8. The molecule has 0 aromatic carbocycles. The second-order valence-corrected chi connectivity index (χ2v) is 5.55. The van der Waals surface area contributed by atoms with Crippen LogP contribution in [0.3, 0.4) is 0 Å². The lowest BCUT2D eigenvalue weighted by Gasteiger charge is -2.35. The van der Waals surface area contributed by atoms with Crippen molar-refractivity contribution in [2.24, 2.45) is 5.73 Å². The van der Waals surface area contributed by atoms with E-state index in [0.717, 1.165) is 42.8 Å². The molecule has 0 radical (unpaired) electrons. The van der Waals surface area contributed by atoms with Gasteiger partial charge in [0.15, 0.2) is 0 Å². The van der Waals surface area contributed by atoms with Crippen LogP contribution in [0.4, 0.5) is 0 Å². The van der Waals surface area contributed by atoms with E-state index in [1.54, 1.807) is 0 Å². The first-order valence-corrected chi connectivity index (χ1v) is 6.79. The molecule has 1 fully saturated rings. The van der Waals surface area contributed by atoms with Gasteiger partial charge in [0.25, 0.3) is 0 Å². The van der Waals surface area contributed by atoms with Gasteiger partial charge in [0.2, 0.25) is 0 Å². The average Bonchev–Trinajstić information content (AvgIpc) is 2.70. The highest BCUT2D eigenvalue weighted by atomic mass is 32.1. The van der Waals surface area contributed by atoms with Crippen molar-refractivity contribution in [3.05, 3.63) is 15.6 Å². The van der Waals surface area contributed by atoms with Crippen molar-refractivity contribution in [2.75, 3.05) is 7.11 Å². The number of aryl methyl sites for hydroxylation is 1. The molecule has 1 aromatic rings. The fourth-order valence-corrected chi connectivity index (χ4v) is 3.18. The number of carbonyl (C=O) groups excluding carboxylic acids is 1. The molecule has 0 atom stereocenters.